The van der Waals surface area contributed by atoms with E-state index in [1.54, 1.807) is 36.4 Å². The lowest BCUT2D eigenvalue weighted by Gasteiger charge is -2.04. The molecule has 24 heavy (non-hydrogen) atoms. The number of aromatic nitrogens is 1. The number of hydrogen-bond acceptors (Lipinski definition) is 4. The van der Waals surface area contributed by atoms with Gasteiger partial charge >= 0.3 is 0 Å². The normalized spacial score (nSPS) is 10.6. The molecule has 0 fully saturated rings. The Kier molecular flexibility index (Phi) is 4.93. The smallest absolute Gasteiger partial charge is 0.294 e. The Morgan fingerprint density at radius 1 is 1.17 bits per heavy atom. The minimum absolute atomic E-state index is 0.0933. The summed E-state index contributed by atoms with van der Waals surface area (Å²) in [5.41, 5.74) is 2.96. The van der Waals surface area contributed by atoms with E-state index in [2.05, 4.69) is 10.5 Å². The molecule has 0 saturated carbocycles. The summed E-state index contributed by atoms with van der Waals surface area (Å²) in [5.74, 6) is -0.268. The topological polar surface area (TPSA) is 75.4 Å². The van der Waals surface area contributed by atoms with Gasteiger partial charge in [0.15, 0.2) is 0 Å². The first-order chi connectivity index (χ1) is 11.7. The fraction of sp³-hybridized carbons (Fsp3) is 0.111. The molecule has 0 saturated heterocycles. The van der Waals surface area contributed by atoms with Crippen LogP contribution in [0.1, 0.15) is 16.1 Å². The number of nitrogens with zero attached hydrogens (tertiary/aromatic N) is 1. The maximum absolute atomic E-state index is 12.2. The van der Waals surface area contributed by atoms with Crippen LogP contribution in [0.15, 0.2) is 59.1 Å². The van der Waals surface area contributed by atoms with E-state index in [-0.39, 0.29) is 18.3 Å². The first-order valence-corrected chi connectivity index (χ1v) is 7.77. The van der Waals surface area contributed by atoms with Crippen LogP contribution in [0.25, 0.3) is 11.3 Å². The number of amides is 1. The second-order valence-electron chi connectivity index (χ2n) is 5.21. The molecule has 3 rings (SSSR count). The fourth-order valence-corrected chi connectivity index (χ4v) is 2.43. The first-order valence-electron chi connectivity index (χ1n) is 7.39. The molecule has 1 aromatic heterocycles. The summed E-state index contributed by atoms with van der Waals surface area (Å²) in [5, 5.41) is 16.1. The summed E-state index contributed by atoms with van der Waals surface area (Å²) in [6.45, 7) is 0.0933. The lowest BCUT2D eigenvalue weighted by molar-refractivity contribution is 0.0988. The van der Waals surface area contributed by atoms with Crippen molar-refractivity contribution in [3.63, 3.8) is 0 Å². The van der Waals surface area contributed by atoms with E-state index < -0.39 is 0 Å². The Hall–Kier alpha value is -2.63. The number of nitrogens with one attached hydrogen (secondary N) is 1. The van der Waals surface area contributed by atoms with Gasteiger partial charge in [-0.25, -0.2) is 0 Å². The maximum Gasteiger partial charge on any atom is 0.294 e. The number of rotatable bonds is 5. The molecule has 122 valence electrons. The summed E-state index contributed by atoms with van der Waals surface area (Å²) in [7, 11) is 0. The summed E-state index contributed by atoms with van der Waals surface area (Å²) >= 11 is 5.95. The SMILES string of the molecule is O=C(Nc1ccc(CCO)cc1)c1cc(-c2cccc(Cl)c2)no1. The fourth-order valence-electron chi connectivity index (χ4n) is 2.24. The molecule has 0 aliphatic heterocycles. The minimum Gasteiger partial charge on any atom is -0.396 e. The van der Waals surface area contributed by atoms with Gasteiger partial charge in [-0.3, -0.25) is 4.79 Å². The van der Waals surface area contributed by atoms with Crippen molar-refractivity contribution in [2.45, 2.75) is 6.42 Å². The van der Waals surface area contributed by atoms with Gasteiger partial charge in [0.1, 0.15) is 5.69 Å². The van der Waals surface area contributed by atoms with Crippen LogP contribution in [0.2, 0.25) is 5.02 Å². The van der Waals surface area contributed by atoms with Crippen LogP contribution in [0.3, 0.4) is 0 Å². The molecule has 1 heterocycles. The highest BCUT2D eigenvalue weighted by Gasteiger charge is 2.14. The van der Waals surface area contributed by atoms with Crippen LogP contribution in [0.4, 0.5) is 5.69 Å². The Bertz CT molecular complexity index is 843. The van der Waals surface area contributed by atoms with E-state index in [1.165, 1.54) is 0 Å². The molecule has 0 spiro atoms. The Labute approximate surface area is 143 Å². The second-order valence-corrected chi connectivity index (χ2v) is 5.65. The zero-order valence-corrected chi connectivity index (χ0v) is 13.5. The van der Waals surface area contributed by atoms with Crippen molar-refractivity contribution in [1.29, 1.82) is 0 Å². The zero-order valence-electron chi connectivity index (χ0n) is 12.7. The number of anilines is 1. The Morgan fingerprint density at radius 2 is 1.96 bits per heavy atom. The lowest BCUT2D eigenvalue weighted by atomic mass is 10.1. The molecule has 2 N–H and O–H groups in total. The average Bonchev–Trinajstić information content (AvgIpc) is 3.07. The first kappa shape index (κ1) is 16.2. The minimum atomic E-state index is -0.384. The molecule has 0 unspecified atom stereocenters. The van der Waals surface area contributed by atoms with Crippen molar-refractivity contribution in [2.24, 2.45) is 0 Å². The van der Waals surface area contributed by atoms with Crippen LogP contribution < -0.4 is 5.32 Å². The molecule has 0 aliphatic rings. The zero-order chi connectivity index (χ0) is 16.9. The maximum atomic E-state index is 12.2. The second kappa shape index (κ2) is 7.29. The van der Waals surface area contributed by atoms with Crippen LogP contribution >= 0.6 is 11.6 Å². The van der Waals surface area contributed by atoms with Crippen molar-refractivity contribution in [2.75, 3.05) is 11.9 Å². The largest absolute Gasteiger partial charge is 0.396 e. The van der Waals surface area contributed by atoms with Gasteiger partial charge in [0.05, 0.1) is 0 Å². The van der Waals surface area contributed by atoms with Crippen LogP contribution in [-0.2, 0) is 6.42 Å². The number of hydrogen-bond donors (Lipinski definition) is 2. The monoisotopic (exact) mass is 342 g/mol. The molecular weight excluding hydrogens is 328 g/mol. The molecule has 6 heteroatoms. The predicted octanol–water partition coefficient (Wildman–Crippen LogP) is 3.78. The third-order valence-corrected chi connectivity index (χ3v) is 3.70. The highest BCUT2D eigenvalue weighted by atomic mass is 35.5. The van der Waals surface area contributed by atoms with Gasteiger partial charge < -0.3 is 14.9 Å². The molecule has 0 atom stereocenters. The van der Waals surface area contributed by atoms with E-state index in [9.17, 15) is 4.79 Å². The van der Waals surface area contributed by atoms with Gasteiger partial charge in [-0.15, -0.1) is 0 Å². The van der Waals surface area contributed by atoms with Gasteiger partial charge in [0.25, 0.3) is 5.91 Å². The van der Waals surface area contributed by atoms with Gasteiger partial charge in [0.2, 0.25) is 5.76 Å². The number of carbonyl (C=O) groups excluding carboxylic acids is 1. The number of carbonyl (C=O) groups is 1. The van der Waals surface area contributed by atoms with Gasteiger partial charge in [-0.2, -0.15) is 0 Å². The van der Waals surface area contributed by atoms with E-state index >= 15 is 0 Å². The molecule has 1 amide bonds. The lowest BCUT2D eigenvalue weighted by Crippen LogP contribution is -2.10. The molecule has 2 aromatic carbocycles. The van der Waals surface area contributed by atoms with E-state index in [0.29, 0.717) is 22.8 Å². The molecule has 3 aromatic rings. The van der Waals surface area contributed by atoms with Crippen molar-refractivity contribution in [3.8, 4) is 11.3 Å². The molecule has 5 nitrogen and oxygen atoms in total. The highest BCUT2D eigenvalue weighted by molar-refractivity contribution is 6.30. The molecule has 0 bridgehead atoms. The van der Waals surface area contributed by atoms with Crippen molar-refractivity contribution in [1.82, 2.24) is 5.16 Å². The van der Waals surface area contributed by atoms with Gasteiger partial charge in [-0.05, 0) is 36.2 Å². The molecular formula is C18H15ClN2O3. The predicted molar refractivity (Wildman–Crippen MR) is 92.1 cm³/mol. The number of halogens is 1. The van der Waals surface area contributed by atoms with E-state index in [1.807, 2.05) is 18.2 Å². The molecule has 0 radical (unpaired) electrons. The average molecular weight is 343 g/mol. The quantitative estimate of drug-likeness (QED) is 0.739. The number of aliphatic hydroxyl groups is 1. The standard InChI is InChI=1S/C18H15ClN2O3/c19-14-3-1-2-13(10-14)16-11-17(24-21-16)18(23)20-15-6-4-12(5-7-15)8-9-22/h1-7,10-11,22H,8-9H2,(H,20,23). The number of aliphatic hydroxyl groups excluding tert-OH is 1. The van der Waals surface area contributed by atoms with Crippen LogP contribution in [0.5, 0.6) is 0 Å². The third kappa shape index (κ3) is 3.82. The van der Waals surface area contributed by atoms with Gasteiger partial charge in [0, 0.05) is 28.9 Å². The van der Waals surface area contributed by atoms with Crippen molar-refractivity contribution in [3.05, 3.63) is 70.9 Å². The Balaban J connectivity index is 1.71. The summed E-state index contributed by atoms with van der Waals surface area (Å²) in [4.78, 5) is 12.2. The third-order valence-electron chi connectivity index (χ3n) is 3.47. The van der Waals surface area contributed by atoms with Crippen LogP contribution in [-0.4, -0.2) is 22.8 Å². The van der Waals surface area contributed by atoms with Crippen molar-refractivity contribution < 1.29 is 14.4 Å². The number of benzene rings is 2. The molecule has 0 aliphatic carbocycles. The van der Waals surface area contributed by atoms with Crippen LogP contribution in [0, 0.1) is 0 Å². The highest BCUT2D eigenvalue weighted by Crippen LogP contribution is 2.23. The Morgan fingerprint density at radius 3 is 2.67 bits per heavy atom. The summed E-state index contributed by atoms with van der Waals surface area (Å²) in [6.07, 6.45) is 0.583. The summed E-state index contributed by atoms with van der Waals surface area (Å²) in [6, 6.07) is 16.0. The van der Waals surface area contributed by atoms with Gasteiger partial charge in [-0.1, -0.05) is 41.0 Å². The summed E-state index contributed by atoms with van der Waals surface area (Å²) < 4.78 is 5.12. The van der Waals surface area contributed by atoms with E-state index in [0.717, 1.165) is 11.1 Å². The van der Waals surface area contributed by atoms with Crippen molar-refractivity contribution >= 4 is 23.2 Å². The van der Waals surface area contributed by atoms with E-state index in [4.69, 9.17) is 21.2 Å².